The van der Waals surface area contributed by atoms with Crippen LogP contribution in [0.3, 0.4) is 0 Å². The molecule has 0 unspecified atom stereocenters. The maximum atomic E-state index is 12.9. The van der Waals surface area contributed by atoms with Crippen LogP contribution in [0.25, 0.3) is 0 Å². The van der Waals surface area contributed by atoms with Crippen molar-refractivity contribution in [3.05, 3.63) is 34.4 Å². The largest absolute Gasteiger partial charge is 0.330 e. The zero-order valence-corrected chi connectivity index (χ0v) is 14.0. The highest BCUT2D eigenvalue weighted by atomic mass is 32.2. The summed E-state index contributed by atoms with van der Waals surface area (Å²) in [5.41, 5.74) is 5.45. The molecule has 1 aromatic rings. The third-order valence-electron chi connectivity index (χ3n) is 4.42. The summed E-state index contributed by atoms with van der Waals surface area (Å²) in [5.74, 6) is 0.281. The van der Waals surface area contributed by atoms with E-state index in [-0.39, 0.29) is 22.5 Å². The van der Waals surface area contributed by atoms with Crippen LogP contribution in [0.5, 0.6) is 0 Å². The van der Waals surface area contributed by atoms with Gasteiger partial charge in [0.05, 0.1) is 9.82 Å². The van der Waals surface area contributed by atoms with Gasteiger partial charge in [0.15, 0.2) is 0 Å². The van der Waals surface area contributed by atoms with Crippen molar-refractivity contribution in [2.45, 2.75) is 43.5 Å². The third kappa shape index (κ3) is 3.88. The van der Waals surface area contributed by atoms with Crippen molar-refractivity contribution in [2.75, 3.05) is 13.1 Å². The number of nitrogens with zero attached hydrogens (tertiary/aromatic N) is 2. The first kappa shape index (κ1) is 17.8. The number of hydrogen-bond donors (Lipinski definition) is 1. The Morgan fingerprint density at radius 2 is 2.00 bits per heavy atom. The molecular weight excluding hydrogens is 318 g/mol. The Morgan fingerprint density at radius 3 is 2.57 bits per heavy atom. The van der Waals surface area contributed by atoms with Gasteiger partial charge in [-0.3, -0.25) is 10.1 Å². The number of sulfonamides is 1. The second kappa shape index (κ2) is 7.37. The van der Waals surface area contributed by atoms with Crippen LogP contribution in [0.15, 0.2) is 29.2 Å². The zero-order valence-electron chi connectivity index (χ0n) is 13.2. The van der Waals surface area contributed by atoms with E-state index in [2.05, 4.69) is 6.92 Å². The van der Waals surface area contributed by atoms with E-state index in [0.717, 1.165) is 25.7 Å². The lowest BCUT2D eigenvalue weighted by Gasteiger charge is -2.39. The number of rotatable bonds is 6. The number of piperidine rings is 1. The molecule has 1 fully saturated rings. The van der Waals surface area contributed by atoms with Gasteiger partial charge >= 0.3 is 0 Å². The van der Waals surface area contributed by atoms with Gasteiger partial charge in [-0.1, -0.05) is 6.92 Å². The van der Waals surface area contributed by atoms with Crippen LogP contribution in [0.2, 0.25) is 0 Å². The lowest BCUT2D eigenvalue weighted by atomic mass is 9.90. The van der Waals surface area contributed by atoms with Crippen molar-refractivity contribution in [1.29, 1.82) is 0 Å². The van der Waals surface area contributed by atoms with Gasteiger partial charge in [0.2, 0.25) is 10.0 Å². The molecule has 0 aliphatic carbocycles. The van der Waals surface area contributed by atoms with E-state index in [1.54, 1.807) is 4.31 Å². The van der Waals surface area contributed by atoms with Crippen molar-refractivity contribution < 1.29 is 13.3 Å². The highest BCUT2D eigenvalue weighted by molar-refractivity contribution is 7.89. The predicted octanol–water partition coefficient (Wildman–Crippen LogP) is 2.12. The lowest BCUT2D eigenvalue weighted by molar-refractivity contribution is -0.384. The predicted molar refractivity (Wildman–Crippen MR) is 87.5 cm³/mol. The molecule has 7 nitrogen and oxygen atoms in total. The van der Waals surface area contributed by atoms with Gasteiger partial charge in [-0.2, -0.15) is 4.31 Å². The summed E-state index contributed by atoms with van der Waals surface area (Å²) < 4.78 is 27.4. The molecule has 0 amide bonds. The van der Waals surface area contributed by atoms with Crippen molar-refractivity contribution in [3.8, 4) is 0 Å². The molecule has 0 spiro atoms. The van der Waals surface area contributed by atoms with Crippen LogP contribution in [0.4, 0.5) is 5.69 Å². The summed E-state index contributed by atoms with van der Waals surface area (Å²) in [6.07, 6.45) is 3.35. The fourth-order valence-corrected chi connectivity index (χ4v) is 4.93. The minimum atomic E-state index is -3.65. The third-order valence-corrected chi connectivity index (χ3v) is 6.36. The zero-order chi connectivity index (χ0) is 17.0. The Hall–Kier alpha value is -1.51. The monoisotopic (exact) mass is 341 g/mol. The van der Waals surface area contributed by atoms with Crippen LogP contribution in [0.1, 0.15) is 32.6 Å². The number of nitro benzene ring substituents is 1. The first-order valence-corrected chi connectivity index (χ1v) is 9.28. The van der Waals surface area contributed by atoms with E-state index >= 15 is 0 Å². The van der Waals surface area contributed by atoms with Crippen molar-refractivity contribution >= 4 is 15.7 Å². The number of benzene rings is 1. The fourth-order valence-electron chi connectivity index (χ4n) is 3.14. The maximum Gasteiger partial charge on any atom is 0.269 e. The molecule has 0 bridgehead atoms. The van der Waals surface area contributed by atoms with Gasteiger partial charge in [0.25, 0.3) is 5.69 Å². The molecule has 1 saturated heterocycles. The van der Waals surface area contributed by atoms with Crippen LogP contribution < -0.4 is 5.73 Å². The molecule has 0 saturated carbocycles. The van der Waals surface area contributed by atoms with Crippen molar-refractivity contribution in [2.24, 2.45) is 11.7 Å². The van der Waals surface area contributed by atoms with E-state index in [0.29, 0.717) is 13.1 Å². The Morgan fingerprint density at radius 1 is 1.35 bits per heavy atom. The van der Waals surface area contributed by atoms with Crippen molar-refractivity contribution in [1.82, 2.24) is 4.31 Å². The topological polar surface area (TPSA) is 107 Å². The average molecular weight is 341 g/mol. The summed E-state index contributed by atoms with van der Waals surface area (Å²) >= 11 is 0. The van der Waals surface area contributed by atoms with E-state index in [1.807, 2.05) is 0 Å². The first-order chi connectivity index (χ1) is 10.9. The molecule has 23 heavy (non-hydrogen) atoms. The molecule has 2 rings (SSSR count). The standard InChI is InChI=1S/C15H23N3O4S/c1-12-4-3-11-17(15(12)5-2-10-16)23(21,22)14-8-6-13(7-9-14)18(19)20/h6-9,12,15H,2-5,10-11,16H2,1H3/t12-,15-/m0/s1. The minimum absolute atomic E-state index is 0.0625. The molecule has 2 atom stereocenters. The highest BCUT2D eigenvalue weighted by Crippen LogP contribution is 2.31. The van der Waals surface area contributed by atoms with Gasteiger partial charge < -0.3 is 5.73 Å². The summed E-state index contributed by atoms with van der Waals surface area (Å²) in [5, 5.41) is 10.7. The Kier molecular flexibility index (Phi) is 5.72. The van der Waals surface area contributed by atoms with E-state index in [1.165, 1.54) is 24.3 Å². The summed E-state index contributed by atoms with van der Waals surface area (Å²) in [4.78, 5) is 10.3. The molecule has 2 N–H and O–H groups in total. The normalized spacial score (nSPS) is 22.9. The summed E-state index contributed by atoms with van der Waals surface area (Å²) in [7, 11) is -3.65. The smallest absolute Gasteiger partial charge is 0.269 e. The van der Waals surface area contributed by atoms with E-state index in [4.69, 9.17) is 5.73 Å². The molecule has 1 aromatic carbocycles. The number of non-ortho nitro benzene ring substituents is 1. The second-order valence-electron chi connectivity index (χ2n) is 5.98. The Bertz CT molecular complexity index is 645. The molecule has 0 radical (unpaired) electrons. The van der Waals surface area contributed by atoms with Gasteiger partial charge in [-0.15, -0.1) is 0 Å². The molecule has 1 aliphatic heterocycles. The molecule has 0 aromatic heterocycles. The summed E-state index contributed by atoms with van der Waals surface area (Å²) in [6, 6.07) is 5.02. The van der Waals surface area contributed by atoms with Gasteiger partial charge in [0, 0.05) is 24.7 Å². The Labute approximate surface area is 136 Å². The highest BCUT2D eigenvalue weighted by Gasteiger charge is 2.36. The molecule has 128 valence electrons. The number of nitro groups is 1. The van der Waals surface area contributed by atoms with E-state index < -0.39 is 14.9 Å². The van der Waals surface area contributed by atoms with Crippen LogP contribution in [-0.4, -0.2) is 36.8 Å². The molecule has 1 aliphatic rings. The van der Waals surface area contributed by atoms with Gasteiger partial charge in [-0.05, 0) is 50.3 Å². The lowest BCUT2D eigenvalue weighted by Crippen LogP contribution is -2.47. The first-order valence-electron chi connectivity index (χ1n) is 7.84. The quantitative estimate of drug-likeness (QED) is 0.630. The number of hydrogen-bond acceptors (Lipinski definition) is 5. The Balaban J connectivity index is 2.29. The SMILES string of the molecule is C[C@H]1CCCN(S(=O)(=O)c2ccc([N+](=O)[O-])cc2)[C@H]1CCCN. The maximum absolute atomic E-state index is 12.9. The second-order valence-corrected chi connectivity index (χ2v) is 7.88. The van der Waals surface area contributed by atoms with Gasteiger partial charge in [0.1, 0.15) is 0 Å². The van der Waals surface area contributed by atoms with E-state index in [9.17, 15) is 18.5 Å². The van der Waals surface area contributed by atoms with Gasteiger partial charge in [-0.25, -0.2) is 8.42 Å². The van der Waals surface area contributed by atoms with Crippen LogP contribution in [0, 0.1) is 16.0 Å². The number of nitrogens with two attached hydrogens (primary N) is 1. The molecule has 1 heterocycles. The fraction of sp³-hybridized carbons (Fsp3) is 0.600. The van der Waals surface area contributed by atoms with Crippen molar-refractivity contribution in [3.63, 3.8) is 0 Å². The molecule has 8 heteroatoms. The van der Waals surface area contributed by atoms with Crippen LogP contribution in [-0.2, 0) is 10.0 Å². The molecular formula is C15H23N3O4S. The van der Waals surface area contributed by atoms with Crippen LogP contribution >= 0.6 is 0 Å². The summed E-state index contributed by atoms with van der Waals surface area (Å²) in [6.45, 7) is 3.09. The average Bonchev–Trinajstić information content (AvgIpc) is 2.53. The minimum Gasteiger partial charge on any atom is -0.330 e.